The second kappa shape index (κ2) is 14.0. The average molecular weight is 532 g/mol. The van der Waals surface area contributed by atoms with Crippen LogP contribution >= 0.6 is 0 Å². The van der Waals surface area contributed by atoms with Gasteiger partial charge < -0.3 is 15.0 Å². The van der Waals surface area contributed by atoms with E-state index in [0.29, 0.717) is 24.4 Å². The van der Waals surface area contributed by atoms with Gasteiger partial charge in [0.2, 0.25) is 21.8 Å². The molecule has 0 saturated carbocycles. The van der Waals surface area contributed by atoms with E-state index in [2.05, 4.69) is 5.32 Å². The minimum absolute atomic E-state index is 0.111. The minimum Gasteiger partial charge on any atom is -0.497 e. The molecule has 1 atom stereocenters. The highest BCUT2D eigenvalue weighted by Crippen LogP contribution is 2.25. The van der Waals surface area contributed by atoms with Gasteiger partial charge >= 0.3 is 0 Å². The Morgan fingerprint density at radius 2 is 1.73 bits per heavy atom. The van der Waals surface area contributed by atoms with Gasteiger partial charge in [-0.05, 0) is 68.5 Å². The summed E-state index contributed by atoms with van der Waals surface area (Å²) in [7, 11) is -1.95. The van der Waals surface area contributed by atoms with Gasteiger partial charge in [-0.15, -0.1) is 0 Å². The van der Waals surface area contributed by atoms with Crippen LogP contribution in [0, 0.1) is 13.8 Å². The lowest BCUT2D eigenvalue weighted by atomic mass is 10.1. The van der Waals surface area contributed by atoms with Gasteiger partial charge in [0.1, 0.15) is 11.8 Å². The Morgan fingerprint density at radius 3 is 2.32 bits per heavy atom. The maximum absolute atomic E-state index is 13.4. The lowest BCUT2D eigenvalue weighted by molar-refractivity contribution is -0.140. The predicted octanol–water partition coefficient (Wildman–Crippen LogP) is 4.19. The summed E-state index contributed by atoms with van der Waals surface area (Å²) in [5.41, 5.74) is 3.30. The summed E-state index contributed by atoms with van der Waals surface area (Å²) in [4.78, 5) is 27.8. The van der Waals surface area contributed by atoms with Gasteiger partial charge in [-0.25, -0.2) is 8.42 Å². The van der Waals surface area contributed by atoms with Crippen molar-refractivity contribution in [1.82, 2.24) is 10.2 Å². The fourth-order valence-corrected chi connectivity index (χ4v) is 5.03. The van der Waals surface area contributed by atoms with Crippen molar-refractivity contribution < 1.29 is 22.7 Å². The molecular weight excluding hydrogens is 490 g/mol. The highest BCUT2D eigenvalue weighted by molar-refractivity contribution is 7.92. The summed E-state index contributed by atoms with van der Waals surface area (Å²) in [6, 6.07) is 12.4. The number of unbranched alkanes of at least 4 members (excludes halogenated alkanes) is 1. The van der Waals surface area contributed by atoms with Crippen LogP contribution in [0.2, 0.25) is 0 Å². The molecule has 2 amide bonds. The van der Waals surface area contributed by atoms with E-state index >= 15 is 0 Å². The van der Waals surface area contributed by atoms with Crippen molar-refractivity contribution in [3.05, 3.63) is 59.2 Å². The maximum Gasteiger partial charge on any atom is 0.242 e. The summed E-state index contributed by atoms with van der Waals surface area (Å²) in [5, 5.41) is 2.91. The van der Waals surface area contributed by atoms with E-state index in [4.69, 9.17) is 4.74 Å². The van der Waals surface area contributed by atoms with Crippen molar-refractivity contribution in [2.75, 3.05) is 30.8 Å². The van der Waals surface area contributed by atoms with Crippen LogP contribution < -0.4 is 14.4 Å². The quantitative estimate of drug-likeness (QED) is 0.369. The standard InChI is InChI=1S/C28H41N3O5S/c1-7-8-17-29-28(33)23(4)30(20-24-13-15-25(36-5)16-14-24)27(32)10-9-18-31(37(6,34)35)26-19-21(2)11-12-22(26)3/h11-16,19,23H,7-10,17-18,20H2,1-6H3,(H,29,33)/t23-/m0/s1. The number of ether oxygens (including phenoxy) is 1. The van der Waals surface area contributed by atoms with E-state index in [9.17, 15) is 18.0 Å². The molecule has 0 radical (unpaired) electrons. The number of hydrogen-bond acceptors (Lipinski definition) is 5. The largest absolute Gasteiger partial charge is 0.497 e. The van der Waals surface area contributed by atoms with Crippen LogP contribution in [0.1, 0.15) is 56.2 Å². The number of amides is 2. The van der Waals surface area contributed by atoms with Crippen molar-refractivity contribution in [3.8, 4) is 5.75 Å². The molecule has 8 nitrogen and oxygen atoms in total. The van der Waals surface area contributed by atoms with Crippen LogP contribution in [0.25, 0.3) is 0 Å². The van der Waals surface area contributed by atoms with Gasteiger partial charge in [-0.1, -0.05) is 37.6 Å². The van der Waals surface area contributed by atoms with E-state index in [0.717, 1.165) is 29.5 Å². The van der Waals surface area contributed by atoms with E-state index in [1.807, 2.05) is 63.2 Å². The molecule has 2 rings (SSSR count). The molecule has 9 heteroatoms. The van der Waals surface area contributed by atoms with Gasteiger partial charge in [0, 0.05) is 26.1 Å². The number of sulfonamides is 1. The van der Waals surface area contributed by atoms with E-state index < -0.39 is 16.1 Å². The zero-order valence-electron chi connectivity index (χ0n) is 22.9. The van der Waals surface area contributed by atoms with E-state index in [-0.39, 0.29) is 31.3 Å². The molecule has 204 valence electrons. The lowest BCUT2D eigenvalue weighted by Gasteiger charge is -2.29. The van der Waals surface area contributed by atoms with E-state index in [1.54, 1.807) is 18.9 Å². The smallest absolute Gasteiger partial charge is 0.242 e. The molecule has 0 saturated heterocycles. The third-order valence-electron chi connectivity index (χ3n) is 6.29. The van der Waals surface area contributed by atoms with Gasteiger partial charge in [0.25, 0.3) is 0 Å². The van der Waals surface area contributed by atoms with Crippen molar-refractivity contribution in [2.45, 2.75) is 66.0 Å². The first kappa shape index (κ1) is 30.2. The molecule has 2 aromatic carbocycles. The molecule has 0 unspecified atom stereocenters. The fourth-order valence-electron chi connectivity index (χ4n) is 4.02. The number of methoxy groups -OCH3 is 1. The molecule has 37 heavy (non-hydrogen) atoms. The third-order valence-corrected chi connectivity index (χ3v) is 7.47. The molecule has 0 aliphatic heterocycles. The number of carbonyl (C=O) groups excluding carboxylic acids is 2. The topological polar surface area (TPSA) is 96.0 Å². The van der Waals surface area contributed by atoms with Crippen LogP contribution in [0.3, 0.4) is 0 Å². The van der Waals surface area contributed by atoms with Crippen LogP contribution in [0.15, 0.2) is 42.5 Å². The zero-order chi connectivity index (χ0) is 27.6. The Kier molecular flexibility index (Phi) is 11.4. The second-order valence-electron chi connectivity index (χ2n) is 9.42. The Hall–Kier alpha value is -3.07. The monoisotopic (exact) mass is 531 g/mol. The maximum atomic E-state index is 13.4. The first-order valence-corrected chi connectivity index (χ1v) is 14.6. The highest BCUT2D eigenvalue weighted by atomic mass is 32.2. The summed E-state index contributed by atoms with van der Waals surface area (Å²) in [6.45, 7) is 8.54. The Morgan fingerprint density at radius 1 is 1.05 bits per heavy atom. The number of aryl methyl sites for hydroxylation is 2. The first-order chi connectivity index (χ1) is 17.5. The normalized spacial score (nSPS) is 12.1. The number of anilines is 1. The molecular formula is C28H41N3O5S. The van der Waals surface area contributed by atoms with Crippen LogP contribution in [0.5, 0.6) is 5.75 Å². The molecule has 2 aromatic rings. The molecule has 0 aromatic heterocycles. The van der Waals surface area contributed by atoms with Gasteiger partial charge in [-0.3, -0.25) is 13.9 Å². The molecule has 0 aliphatic rings. The fraction of sp³-hybridized carbons (Fsp3) is 0.500. The summed E-state index contributed by atoms with van der Waals surface area (Å²) in [6.07, 6.45) is 3.43. The number of carbonyl (C=O) groups is 2. The van der Waals surface area contributed by atoms with Crippen molar-refractivity contribution in [1.29, 1.82) is 0 Å². The van der Waals surface area contributed by atoms with Crippen LogP contribution in [-0.2, 0) is 26.2 Å². The van der Waals surface area contributed by atoms with Crippen molar-refractivity contribution in [2.24, 2.45) is 0 Å². The van der Waals surface area contributed by atoms with E-state index in [1.165, 1.54) is 10.6 Å². The van der Waals surface area contributed by atoms with Crippen molar-refractivity contribution >= 4 is 27.5 Å². The SMILES string of the molecule is CCCCNC(=O)[C@H](C)N(Cc1ccc(OC)cc1)C(=O)CCCN(c1cc(C)ccc1C)S(C)(=O)=O. The number of rotatable bonds is 14. The predicted molar refractivity (Wildman–Crippen MR) is 148 cm³/mol. The lowest BCUT2D eigenvalue weighted by Crippen LogP contribution is -2.48. The number of hydrogen-bond donors (Lipinski definition) is 1. The van der Waals surface area contributed by atoms with Gasteiger partial charge in [0.15, 0.2) is 0 Å². The van der Waals surface area contributed by atoms with Gasteiger partial charge in [0.05, 0.1) is 19.1 Å². The molecule has 0 spiro atoms. The third kappa shape index (κ3) is 9.07. The minimum atomic E-state index is -3.54. The Bertz CT molecular complexity index is 1150. The summed E-state index contributed by atoms with van der Waals surface area (Å²) in [5.74, 6) is 0.297. The van der Waals surface area contributed by atoms with Gasteiger partial charge in [-0.2, -0.15) is 0 Å². The van der Waals surface area contributed by atoms with Crippen molar-refractivity contribution in [3.63, 3.8) is 0 Å². The molecule has 0 bridgehead atoms. The Labute approximate surface area is 222 Å². The molecule has 0 heterocycles. The van der Waals surface area contributed by atoms with Crippen LogP contribution in [-0.4, -0.2) is 57.6 Å². The number of nitrogens with one attached hydrogen (secondary N) is 1. The Balaban J connectivity index is 2.18. The summed E-state index contributed by atoms with van der Waals surface area (Å²) < 4.78 is 31.8. The average Bonchev–Trinajstić information content (AvgIpc) is 2.86. The first-order valence-electron chi connectivity index (χ1n) is 12.7. The number of nitrogens with zero attached hydrogens (tertiary/aromatic N) is 2. The molecule has 1 N–H and O–H groups in total. The second-order valence-corrected chi connectivity index (χ2v) is 11.3. The molecule has 0 fully saturated rings. The van der Waals surface area contributed by atoms with Crippen LogP contribution in [0.4, 0.5) is 5.69 Å². The molecule has 0 aliphatic carbocycles. The zero-order valence-corrected chi connectivity index (χ0v) is 23.7. The highest BCUT2D eigenvalue weighted by Gasteiger charge is 2.27. The summed E-state index contributed by atoms with van der Waals surface area (Å²) >= 11 is 0. The number of benzene rings is 2.